The van der Waals surface area contributed by atoms with Crippen LogP contribution in [0.5, 0.6) is 0 Å². The molecule has 0 bridgehead atoms. The molecule has 0 aliphatic rings. The highest BCUT2D eigenvalue weighted by atomic mass is 19.1. The highest BCUT2D eigenvalue weighted by Crippen LogP contribution is 2.19. The summed E-state index contributed by atoms with van der Waals surface area (Å²) in [6, 6.07) is 3.72. The Bertz CT molecular complexity index is 367. The summed E-state index contributed by atoms with van der Waals surface area (Å²) in [5.74, 6) is 0.742. The Balaban J connectivity index is 2.50. The van der Waals surface area contributed by atoms with Crippen molar-refractivity contribution in [1.29, 1.82) is 0 Å². The van der Waals surface area contributed by atoms with Crippen LogP contribution in [-0.2, 0) is 6.54 Å². The summed E-state index contributed by atoms with van der Waals surface area (Å²) in [5.41, 5.74) is 0.516. The average molecular weight is 255 g/mol. The summed E-state index contributed by atoms with van der Waals surface area (Å²) >= 11 is 0. The molecule has 102 valence electrons. The quantitative estimate of drug-likeness (QED) is 0.810. The monoisotopic (exact) mass is 255 g/mol. The predicted octanol–water partition coefficient (Wildman–Crippen LogP) is 3.98. The molecule has 0 spiro atoms. The van der Waals surface area contributed by atoms with Crippen LogP contribution < -0.4 is 5.32 Å². The fraction of sp³-hybridized carbons (Fsp3) is 0.600. The highest BCUT2D eigenvalue weighted by Gasteiger charge is 2.16. The van der Waals surface area contributed by atoms with Gasteiger partial charge in [0.2, 0.25) is 0 Å². The molecule has 0 amide bonds. The lowest BCUT2D eigenvalue weighted by Crippen LogP contribution is -2.29. The molecule has 3 heteroatoms. The Hall–Kier alpha value is -0.960. The van der Waals surface area contributed by atoms with Crippen LogP contribution in [0.15, 0.2) is 18.2 Å². The summed E-state index contributed by atoms with van der Waals surface area (Å²) in [5, 5.41) is 3.26. The first-order valence-corrected chi connectivity index (χ1v) is 6.56. The van der Waals surface area contributed by atoms with Gasteiger partial charge in [-0.05, 0) is 30.4 Å². The lowest BCUT2D eigenvalue weighted by Gasteiger charge is -2.25. The van der Waals surface area contributed by atoms with Gasteiger partial charge in [-0.3, -0.25) is 0 Å². The molecule has 18 heavy (non-hydrogen) atoms. The van der Waals surface area contributed by atoms with Gasteiger partial charge in [0, 0.05) is 18.2 Å². The predicted molar refractivity (Wildman–Crippen MR) is 71.2 cm³/mol. The van der Waals surface area contributed by atoms with E-state index in [1.165, 1.54) is 12.1 Å². The van der Waals surface area contributed by atoms with Crippen molar-refractivity contribution in [2.75, 3.05) is 6.54 Å². The molecule has 1 N–H and O–H groups in total. The maximum absolute atomic E-state index is 13.4. The van der Waals surface area contributed by atoms with E-state index >= 15 is 0 Å². The van der Waals surface area contributed by atoms with Gasteiger partial charge in [-0.15, -0.1) is 0 Å². The molecule has 0 aromatic heterocycles. The van der Waals surface area contributed by atoms with Gasteiger partial charge < -0.3 is 5.32 Å². The summed E-state index contributed by atoms with van der Waals surface area (Å²) < 4.78 is 26.2. The smallest absolute Gasteiger partial charge is 0.130 e. The third kappa shape index (κ3) is 4.37. The molecule has 0 unspecified atom stereocenters. The Morgan fingerprint density at radius 2 is 1.67 bits per heavy atom. The van der Waals surface area contributed by atoms with Crippen molar-refractivity contribution in [3.8, 4) is 0 Å². The summed E-state index contributed by atoms with van der Waals surface area (Å²) in [7, 11) is 0. The molecule has 1 aromatic carbocycles. The van der Waals surface area contributed by atoms with E-state index in [-0.39, 0.29) is 0 Å². The first-order valence-electron chi connectivity index (χ1n) is 6.56. The second-order valence-electron chi connectivity index (χ2n) is 5.52. The molecule has 0 saturated heterocycles. The van der Waals surface area contributed by atoms with Crippen molar-refractivity contribution in [1.82, 2.24) is 5.32 Å². The fourth-order valence-electron chi connectivity index (χ4n) is 2.28. The molecular weight excluding hydrogens is 232 g/mol. The van der Waals surface area contributed by atoms with Gasteiger partial charge in [-0.1, -0.05) is 33.8 Å². The first kappa shape index (κ1) is 15.1. The van der Waals surface area contributed by atoms with Gasteiger partial charge in [-0.25, -0.2) is 8.78 Å². The number of nitrogens with one attached hydrogen (secondary N) is 1. The molecule has 0 fully saturated rings. The fourth-order valence-corrected chi connectivity index (χ4v) is 2.28. The van der Waals surface area contributed by atoms with Gasteiger partial charge in [0.05, 0.1) is 0 Å². The Labute approximate surface area is 109 Å². The second kappa shape index (κ2) is 6.83. The van der Waals surface area contributed by atoms with Gasteiger partial charge in [-0.2, -0.15) is 0 Å². The zero-order chi connectivity index (χ0) is 13.7. The molecule has 0 radical (unpaired) electrons. The van der Waals surface area contributed by atoms with E-state index < -0.39 is 11.6 Å². The topological polar surface area (TPSA) is 12.0 Å². The highest BCUT2D eigenvalue weighted by molar-refractivity contribution is 5.18. The van der Waals surface area contributed by atoms with Gasteiger partial charge >= 0.3 is 0 Å². The van der Waals surface area contributed by atoms with Crippen LogP contribution in [0.4, 0.5) is 8.78 Å². The lowest BCUT2D eigenvalue weighted by molar-refractivity contribution is 0.275. The Morgan fingerprint density at radius 3 is 2.17 bits per heavy atom. The van der Waals surface area contributed by atoms with Crippen LogP contribution in [0.3, 0.4) is 0 Å². The van der Waals surface area contributed by atoms with Crippen LogP contribution in [-0.4, -0.2) is 6.54 Å². The van der Waals surface area contributed by atoms with Gasteiger partial charge in [0.25, 0.3) is 0 Å². The maximum Gasteiger partial charge on any atom is 0.130 e. The number of halogens is 2. The third-order valence-corrected chi connectivity index (χ3v) is 3.42. The zero-order valence-corrected chi connectivity index (χ0v) is 11.6. The van der Waals surface area contributed by atoms with Crippen LogP contribution in [0, 0.1) is 29.4 Å². The number of rotatable bonds is 6. The van der Waals surface area contributed by atoms with Gasteiger partial charge in [0.1, 0.15) is 11.6 Å². The van der Waals surface area contributed by atoms with Crippen molar-refractivity contribution in [2.24, 2.45) is 17.8 Å². The Kier molecular flexibility index (Phi) is 5.73. The van der Waals surface area contributed by atoms with Gasteiger partial charge in [0.15, 0.2) is 0 Å². The van der Waals surface area contributed by atoms with Crippen LogP contribution in [0.2, 0.25) is 0 Å². The first-order chi connectivity index (χ1) is 8.41. The molecule has 1 nitrogen and oxygen atoms in total. The van der Waals surface area contributed by atoms with E-state index in [9.17, 15) is 8.78 Å². The standard InChI is InChI=1S/C15H23F2N/c1-10(2)14(11(3)4)9-18-8-12-5-6-13(16)7-15(12)17/h5-7,10-11,14,18H,8-9H2,1-4H3. The van der Waals surface area contributed by atoms with Crippen molar-refractivity contribution < 1.29 is 8.78 Å². The molecule has 0 aliphatic heterocycles. The van der Waals surface area contributed by atoms with E-state index in [0.717, 1.165) is 12.6 Å². The van der Waals surface area contributed by atoms with E-state index in [4.69, 9.17) is 0 Å². The zero-order valence-electron chi connectivity index (χ0n) is 11.6. The lowest BCUT2D eigenvalue weighted by atomic mass is 9.85. The second-order valence-corrected chi connectivity index (χ2v) is 5.52. The minimum absolute atomic E-state index is 0.446. The normalized spacial score (nSPS) is 11.8. The number of hydrogen-bond acceptors (Lipinski definition) is 1. The van der Waals surface area contributed by atoms with Crippen molar-refractivity contribution >= 4 is 0 Å². The SMILES string of the molecule is CC(C)C(CNCc1ccc(F)cc1F)C(C)C. The minimum Gasteiger partial charge on any atom is -0.312 e. The van der Waals surface area contributed by atoms with E-state index in [1.807, 2.05) is 0 Å². The molecule has 0 saturated carbocycles. The molecule has 1 aromatic rings. The maximum atomic E-state index is 13.4. The Morgan fingerprint density at radius 1 is 1.06 bits per heavy atom. The van der Waals surface area contributed by atoms with Crippen LogP contribution >= 0.6 is 0 Å². The molecule has 0 heterocycles. The number of hydrogen-bond donors (Lipinski definition) is 1. The minimum atomic E-state index is -0.529. The van der Waals surface area contributed by atoms with Crippen molar-refractivity contribution in [3.05, 3.63) is 35.4 Å². The molecule has 0 aliphatic carbocycles. The molecule has 1 rings (SSSR count). The summed E-state index contributed by atoms with van der Waals surface area (Å²) in [6.07, 6.45) is 0. The summed E-state index contributed by atoms with van der Waals surface area (Å²) in [4.78, 5) is 0. The van der Waals surface area contributed by atoms with E-state index in [0.29, 0.717) is 29.9 Å². The van der Waals surface area contributed by atoms with Crippen molar-refractivity contribution in [2.45, 2.75) is 34.2 Å². The molecular formula is C15H23F2N. The number of benzene rings is 1. The molecule has 0 atom stereocenters. The average Bonchev–Trinajstić information content (AvgIpc) is 2.25. The van der Waals surface area contributed by atoms with Crippen LogP contribution in [0.25, 0.3) is 0 Å². The summed E-state index contributed by atoms with van der Waals surface area (Å²) in [6.45, 7) is 10.1. The van der Waals surface area contributed by atoms with Crippen molar-refractivity contribution in [3.63, 3.8) is 0 Å². The van der Waals surface area contributed by atoms with Crippen LogP contribution in [0.1, 0.15) is 33.3 Å². The largest absolute Gasteiger partial charge is 0.312 e. The van der Waals surface area contributed by atoms with E-state index in [1.54, 1.807) is 0 Å². The third-order valence-electron chi connectivity index (χ3n) is 3.42. The van der Waals surface area contributed by atoms with E-state index in [2.05, 4.69) is 33.0 Å².